The summed E-state index contributed by atoms with van der Waals surface area (Å²) >= 11 is 8.74. The Labute approximate surface area is 66.3 Å². The molecule has 0 saturated carbocycles. The van der Waals surface area contributed by atoms with Gasteiger partial charge in [0.05, 0.1) is 5.88 Å². The standard InChI is InChI=1S/C5H5BrClNO/c1-3-4(2-7)5(6)8-9-3/h2H2,1H3. The lowest BCUT2D eigenvalue weighted by atomic mass is 10.3. The van der Waals surface area contributed by atoms with E-state index >= 15 is 0 Å². The number of hydrogen-bond donors (Lipinski definition) is 0. The van der Waals surface area contributed by atoms with Gasteiger partial charge in [0.2, 0.25) is 0 Å². The van der Waals surface area contributed by atoms with Crippen molar-refractivity contribution in [1.29, 1.82) is 0 Å². The molecule has 9 heavy (non-hydrogen) atoms. The highest BCUT2D eigenvalue weighted by atomic mass is 79.9. The molecular weight excluding hydrogens is 205 g/mol. The summed E-state index contributed by atoms with van der Waals surface area (Å²) < 4.78 is 5.51. The Morgan fingerprint density at radius 1 is 1.78 bits per heavy atom. The van der Waals surface area contributed by atoms with Gasteiger partial charge in [-0.2, -0.15) is 0 Å². The highest BCUT2D eigenvalue weighted by Gasteiger charge is 2.06. The van der Waals surface area contributed by atoms with Gasteiger partial charge in [0.1, 0.15) is 5.76 Å². The molecule has 0 spiro atoms. The summed E-state index contributed by atoms with van der Waals surface area (Å²) in [5, 5.41) is 3.64. The second-order valence-corrected chi connectivity index (χ2v) is 2.66. The number of alkyl halides is 1. The topological polar surface area (TPSA) is 26.0 Å². The third-order valence-electron chi connectivity index (χ3n) is 1.07. The Hall–Kier alpha value is -0.0200. The van der Waals surface area contributed by atoms with Crippen LogP contribution in [0.25, 0.3) is 0 Å². The van der Waals surface area contributed by atoms with Crippen molar-refractivity contribution in [2.75, 3.05) is 0 Å². The number of halogens is 2. The van der Waals surface area contributed by atoms with Crippen LogP contribution in [0.15, 0.2) is 9.13 Å². The molecule has 0 atom stereocenters. The normalized spacial score (nSPS) is 10.1. The molecule has 0 N–H and O–H groups in total. The van der Waals surface area contributed by atoms with Crippen LogP contribution in [0.2, 0.25) is 0 Å². The van der Waals surface area contributed by atoms with Gasteiger partial charge in [-0.15, -0.1) is 11.6 Å². The van der Waals surface area contributed by atoms with Crippen molar-refractivity contribution in [3.8, 4) is 0 Å². The molecule has 4 heteroatoms. The van der Waals surface area contributed by atoms with E-state index in [4.69, 9.17) is 16.1 Å². The van der Waals surface area contributed by atoms with E-state index in [1.165, 1.54) is 0 Å². The highest BCUT2D eigenvalue weighted by Crippen LogP contribution is 2.20. The van der Waals surface area contributed by atoms with E-state index in [1.54, 1.807) is 0 Å². The van der Waals surface area contributed by atoms with Crippen LogP contribution in [0.5, 0.6) is 0 Å². The molecule has 0 aliphatic carbocycles. The van der Waals surface area contributed by atoms with Crippen LogP contribution < -0.4 is 0 Å². The first kappa shape index (κ1) is 7.09. The van der Waals surface area contributed by atoms with Crippen LogP contribution in [0.1, 0.15) is 11.3 Å². The van der Waals surface area contributed by atoms with Crippen LogP contribution in [0, 0.1) is 6.92 Å². The van der Waals surface area contributed by atoms with Gasteiger partial charge < -0.3 is 4.52 Å². The number of aromatic nitrogens is 1. The SMILES string of the molecule is Cc1onc(Br)c1CCl. The predicted molar refractivity (Wildman–Crippen MR) is 38.5 cm³/mol. The number of rotatable bonds is 1. The van der Waals surface area contributed by atoms with Gasteiger partial charge in [-0.3, -0.25) is 0 Å². The van der Waals surface area contributed by atoms with Crippen LogP contribution in [-0.4, -0.2) is 5.16 Å². The zero-order chi connectivity index (χ0) is 6.85. The monoisotopic (exact) mass is 209 g/mol. The minimum Gasteiger partial charge on any atom is -0.360 e. The van der Waals surface area contributed by atoms with E-state index in [9.17, 15) is 0 Å². The second kappa shape index (κ2) is 2.71. The third kappa shape index (κ3) is 1.27. The molecule has 0 aliphatic heterocycles. The zero-order valence-electron chi connectivity index (χ0n) is 4.82. The first-order chi connectivity index (χ1) is 4.25. The highest BCUT2D eigenvalue weighted by molar-refractivity contribution is 9.10. The summed E-state index contributed by atoms with van der Waals surface area (Å²) in [7, 11) is 0. The first-order valence-electron chi connectivity index (χ1n) is 2.42. The largest absolute Gasteiger partial charge is 0.360 e. The molecule has 0 radical (unpaired) electrons. The molecule has 0 saturated heterocycles. The quantitative estimate of drug-likeness (QED) is 0.666. The third-order valence-corrected chi connectivity index (χ3v) is 1.96. The Bertz CT molecular complexity index is 191. The molecule has 50 valence electrons. The van der Waals surface area contributed by atoms with Crippen LogP contribution in [0.4, 0.5) is 0 Å². The van der Waals surface area contributed by atoms with Crippen molar-refractivity contribution in [2.45, 2.75) is 12.8 Å². The maximum atomic E-state index is 5.55. The van der Waals surface area contributed by atoms with E-state index in [0.29, 0.717) is 10.5 Å². The Morgan fingerprint density at radius 3 is 2.67 bits per heavy atom. The molecule has 1 aromatic rings. The van der Waals surface area contributed by atoms with Gasteiger partial charge in [0, 0.05) is 5.56 Å². The Kier molecular flexibility index (Phi) is 2.13. The predicted octanol–water partition coefficient (Wildman–Crippen LogP) is 2.48. The molecule has 0 aromatic carbocycles. The fourth-order valence-corrected chi connectivity index (χ4v) is 1.48. The maximum Gasteiger partial charge on any atom is 0.153 e. The number of nitrogens with zero attached hydrogens (tertiary/aromatic N) is 1. The molecule has 0 amide bonds. The smallest absolute Gasteiger partial charge is 0.153 e. The summed E-state index contributed by atoms with van der Waals surface area (Å²) in [4.78, 5) is 0. The fourth-order valence-electron chi connectivity index (χ4n) is 0.513. The number of hydrogen-bond acceptors (Lipinski definition) is 2. The molecule has 2 nitrogen and oxygen atoms in total. The Morgan fingerprint density at radius 2 is 2.44 bits per heavy atom. The van der Waals surface area contributed by atoms with Crippen molar-refractivity contribution in [3.63, 3.8) is 0 Å². The molecular formula is C5H5BrClNO. The van der Waals surface area contributed by atoms with E-state index in [-0.39, 0.29) is 0 Å². The second-order valence-electron chi connectivity index (χ2n) is 1.64. The lowest BCUT2D eigenvalue weighted by Gasteiger charge is -1.85. The van der Waals surface area contributed by atoms with E-state index in [1.807, 2.05) is 6.92 Å². The molecule has 0 fully saturated rings. The lowest BCUT2D eigenvalue weighted by molar-refractivity contribution is 0.393. The molecule has 0 unspecified atom stereocenters. The van der Waals surface area contributed by atoms with Crippen LogP contribution in [-0.2, 0) is 5.88 Å². The van der Waals surface area contributed by atoms with Crippen LogP contribution in [0.3, 0.4) is 0 Å². The van der Waals surface area contributed by atoms with Gasteiger partial charge >= 0.3 is 0 Å². The minimum atomic E-state index is 0.440. The van der Waals surface area contributed by atoms with Gasteiger partial charge in [-0.05, 0) is 22.9 Å². The van der Waals surface area contributed by atoms with Gasteiger partial charge in [-0.1, -0.05) is 5.16 Å². The molecule has 1 heterocycles. The van der Waals surface area contributed by atoms with Crippen molar-refractivity contribution in [2.24, 2.45) is 0 Å². The average Bonchev–Trinajstić information content (AvgIpc) is 2.12. The molecule has 0 bridgehead atoms. The van der Waals surface area contributed by atoms with Crippen molar-refractivity contribution < 1.29 is 4.52 Å². The lowest BCUT2D eigenvalue weighted by Crippen LogP contribution is -1.76. The van der Waals surface area contributed by atoms with Gasteiger partial charge in [-0.25, -0.2) is 0 Å². The summed E-state index contributed by atoms with van der Waals surface area (Å²) in [6.07, 6.45) is 0. The summed E-state index contributed by atoms with van der Waals surface area (Å²) in [5.74, 6) is 1.22. The molecule has 0 aliphatic rings. The summed E-state index contributed by atoms with van der Waals surface area (Å²) in [6.45, 7) is 1.83. The van der Waals surface area contributed by atoms with Crippen molar-refractivity contribution in [3.05, 3.63) is 15.9 Å². The zero-order valence-corrected chi connectivity index (χ0v) is 7.16. The van der Waals surface area contributed by atoms with Crippen molar-refractivity contribution in [1.82, 2.24) is 5.16 Å². The van der Waals surface area contributed by atoms with E-state index in [0.717, 1.165) is 11.3 Å². The number of aryl methyl sites for hydroxylation is 1. The summed E-state index contributed by atoms with van der Waals surface area (Å²) in [6, 6.07) is 0. The first-order valence-corrected chi connectivity index (χ1v) is 3.75. The van der Waals surface area contributed by atoms with E-state index < -0.39 is 0 Å². The Balaban J connectivity index is 3.07. The minimum absolute atomic E-state index is 0.440. The van der Waals surface area contributed by atoms with Gasteiger partial charge in [0.15, 0.2) is 4.60 Å². The maximum absolute atomic E-state index is 5.55. The van der Waals surface area contributed by atoms with Crippen LogP contribution >= 0.6 is 27.5 Å². The fraction of sp³-hybridized carbons (Fsp3) is 0.400. The molecule has 1 rings (SSSR count). The molecule has 1 aromatic heterocycles. The van der Waals surface area contributed by atoms with Crippen molar-refractivity contribution >= 4 is 27.5 Å². The summed E-state index contributed by atoms with van der Waals surface area (Å²) in [5.41, 5.74) is 0.927. The van der Waals surface area contributed by atoms with Gasteiger partial charge in [0.25, 0.3) is 0 Å². The average molecular weight is 210 g/mol. The van der Waals surface area contributed by atoms with E-state index in [2.05, 4.69) is 21.1 Å².